The number of nitrogens with one attached hydrogen (secondary N) is 2. The topological polar surface area (TPSA) is 71.1 Å². The van der Waals surface area contributed by atoms with E-state index in [1.54, 1.807) is 23.5 Å². The lowest BCUT2D eigenvalue weighted by molar-refractivity contribution is 0.305. The molecule has 2 aromatic heterocycles. The second-order valence-electron chi connectivity index (χ2n) is 8.64. The zero-order valence-electron chi connectivity index (χ0n) is 18.5. The minimum Gasteiger partial charge on any atom is -0.310 e. The van der Waals surface area contributed by atoms with Gasteiger partial charge in [0.25, 0.3) is 10.0 Å². The first-order chi connectivity index (χ1) is 15.5. The molecule has 32 heavy (non-hydrogen) atoms. The largest absolute Gasteiger partial charge is 0.310 e. The van der Waals surface area contributed by atoms with Gasteiger partial charge in [0, 0.05) is 18.8 Å². The number of rotatable bonds is 9. The Balaban J connectivity index is 1.40. The average Bonchev–Trinajstić information content (AvgIpc) is 3.34. The Morgan fingerprint density at radius 2 is 1.88 bits per heavy atom. The lowest BCUT2D eigenvalue weighted by Gasteiger charge is -2.25. The minimum atomic E-state index is -3.72. The van der Waals surface area contributed by atoms with Crippen LogP contribution in [-0.4, -0.2) is 19.4 Å². The highest BCUT2D eigenvalue weighted by Crippen LogP contribution is 2.28. The van der Waals surface area contributed by atoms with Gasteiger partial charge in [0.2, 0.25) is 0 Å². The van der Waals surface area contributed by atoms with Gasteiger partial charge in [0.05, 0.1) is 16.3 Å². The van der Waals surface area contributed by atoms with Gasteiger partial charge in [0.15, 0.2) is 0 Å². The molecule has 0 unspecified atom stereocenters. The molecule has 7 heteroatoms. The lowest BCUT2D eigenvalue weighted by atomic mass is 9.85. The second kappa shape index (κ2) is 10.6. The van der Waals surface area contributed by atoms with E-state index in [0.29, 0.717) is 18.3 Å². The fourth-order valence-electron chi connectivity index (χ4n) is 4.38. The summed E-state index contributed by atoms with van der Waals surface area (Å²) in [5, 5.41) is 5.57. The number of nitrogens with zero attached hydrogens (tertiary/aromatic N) is 1. The molecule has 2 N–H and O–H groups in total. The molecule has 1 aliphatic rings. The summed E-state index contributed by atoms with van der Waals surface area (Å²) in [6.07, 6.45) is 9.35. The molecule has 5 nitrogen and oxygen atoms in total. The smallest absolute Gasteiger partial charge is 0.263 e. The summed E-state index contributed by atoms with van der Waals surface area (Å²) in [5.74, 6) is 0.810. The van der Waals surface area contributed by atoms with Crippen LogP contribution in [0.3, 0.4) is 0 Å². The molecule has 2 heterocycles. The summed E-state index contributed by atoms with van der Waals surface area (Å²) in [6.45, 7) is 2.85. The van der Waals surface area contributed by atoms with Crippen LogP contribution in [0.2, 0.25) is 0 Å². The van der Waals surface area contributed by atoms with Crippen molar-refractivity contribution in [2.24, 2.45) is 5.92 Å². The summed E-state index contributed by atoms with van der Waals surface area (Å²) < 4.78 is 28.7. The normalized spacial score (nSPS) is 16.0. The van der Waals surface area contributed by atoms with Crippen LogP contribution in [0.4, 0.5) is 5.69 Å². The van der Waals surface area contributed by atoms with Crippen LogP contribution in [0.25, 0.3) is 10.6 Å². The molecule has 3 aromatic rings. The number of thiophene rings is 1. The van der Waals surface area contributed by atoms with E-state index in [0.717, 1.165) is 22.1 Å². The first-order valence-corrected chi connectivity index (χ1v) is 13.7. The number of pyridine rings is 1. The van der Waals surface area contributed by atoms with Crippen LogP contribution in [-0.2, 0) is 16.6 Å². The first kappa shape index (κ1) is 23.0. The number of aromatic nitrogens is 1. The van der Waals surface area contributed by atoms with Gasteiger partial charge in [-0.15, -0.1) is 11.3 Å². The van der Waals surface area contributed by atoms with E-state index in [9.17, 15) is 8.42 Å². The molecular weight excluding hydrogens is 438 g/mol. The highest BCUT2D eigenvalue weighted by Gasteiger charge is 2.19. The highest BCUT2D eigenvalue weighted by atomic mass is 32.2. The zero-order valence-corrected chi connectivity index (χ0v) is 20.1. The molecule has 1 fully saturated rings. The van der Waals surface area contributed by atoms with Crippen LogP contribution < -0.4 is 10.0 Å². The van der Waals surface area contributed by atoms with E-state index in [1.807, 2.05) is 41.8 Å². The molecular formula is C25H31N3O2S2. The Morgan fingerprint density at radius 1 is 1.06 bits per heavy atom. The molecule has 170 valence electrons. The van der Waals surface area contributed by atoms with E-state index >= 15 is 0 Å². The second-order valence-corrected chi connectivity index (χ2v) is 11.3. The molecule has 0 saturated heterocycles. The molecule has 0 radical (unpaired) electrons. The van der Waals surface area contributed by atoms with Gasteiger partial charge in [-0.3, -0.25) is 9.71 Å². The number of anilines is 1. The van der Waals surface area contributed by atoms with Crippen molar-refractivity contribution in [3.05, 3.63) is 65.7 Å². The van der Waals surface area contributed by atoms with Crippen LogP contribution in [0, 0.1) is 5.92 Å². The fourth-order valence-corrected chi connectivity index (χ4v) is 6.12. The molecule has 1 atom stereocenters. The number of sulfonamides is 1. The molecule has 0 bridgehead atoms. The van der Waals surface area contributed by atoms with E-state index in [1.165, 1.54) is 44.7 Å². The van der Waals surface area contributed by atoms with Crippen molar-refractivity contribution in [1.29, 1.82) is 0 Å². The maximum absolute atomic E-state index is 13.0. The Morgan fingerprint density at radius 3 is 2.59 bits per heavy atom. The Hall–Kier alpha value is -2.22. The van der Waals surface area contributed by atoms with Gasteiger partial charge in [0.1, 0.15) is 4.90 Å². The summed E-state index contributed by atoms with van der Waals surface area (Å²) in [7, 11) is -3.72. The first-order valence-electron chi connectivity index (χ1n) is 11.4. The van der Waals surface area contributed by atoms with Crippen LogP contribution in [0.15, 0.2) is 65.0 Å². The van der Waals surface area contributed by atoms with E-state index in [2.05, 4.69) is 21.9 Å². The van der Waals surface area contributed by atoms with Gasteiger partial charge in [-0.05, 0) is 54.5 Å². The number of hydrogen-bond acceptors (Lipinski definition) is 5. The average molecular weight is 470 g/mol. The SMILES string of the molecule is C[C@@H](CC1CCCCC1)NCc1ccccc1NS(=O)(=O)c1ccc(-c2cccs2)nc1. The van der Waals surface area contributed by atoms with Gasteiger partial charge < -0.3 is 5.32 Å². The van der Waals surface area contributed by atoms with Gasteiger partial charge in [-0.25, -0.2) is 8.42 Å². The molecule has 0 aliphatic heterocycles. The quantitative estimate of drug-likeness (QED) is 0.400. The van der Waals surface area contributed by atoms with Crippen molar-refractivity contribution in [2.45, 2.75) is 62.9 Å². The number of benzene rings is 1. The van der Waals surface area contributed by atoms with Crippen LogP contribution in [0.1, 0.15) is 51.0 Å². The van der Waals surface area contributed by atoms with Crippen molar-refractivity contribution >= 4 is 27.0 Å². The van der Waals surface area contributed by atoms with Crippen molar-refractivity contribution in [3.63, 3.8) is 0 Å². The monoisotopic (exact) mass is 469 g/mol. The van der Waals surface area contributed by atoms with Crippen LogP contribution in [0.5, 0.6) is 0 Å². The highest BCUT2D eigenvalue weighted by molar-refractivity contribution is 7.92. The van der Waals surface area contributed by atoms with Crippen molar-refractivity contribution in [3.8, 4) is 10.6 Å². The Bertz CT molecular complexity index is 1090. The van der Waals surface area contributed by atoms with Crippen molar-refractivity contribution in [2.75, 3.05) is 4.72 Å². The summed E-state index contributed by atoms with van der Waals surface area (Å²) in [6, 6.07) is 15.3. The molecule has 1 aromatic carbocycles. The minimum absolute atomic E-state index is 0.159. The maximum Gasteiger partial charge on any atom is 0.263 e. The van der Waals surface area contributed by atoms with E-state index in [-0.39, 0.29) is 4.90 Å². The predicted octanol–water partition coefficient (Wildman–Crippen LogP) is 6.06. The summed E-state index contributed by atoms with van der Waals surface area (Å²) in [4.78, 5) is 5.52. The van der Waals surface area contributed by atoms with Gasteiger partial charge in [-0.2, -0.15) is 0 Å². The maximum atomic E-state index is 13.0. The lowest BCUT2D eigenvalue weighted by Crippen LogP contribution is -2.29. The zero-order chi connectivity index (χ0) is 22.4. The Labute approximate surface area is 195 Å². The van der Waals surface area contributed by atoms with Gasteiger partial charge >= 0.3 is 0 Å². The molecule has 1 saturated carbocycles. The predicted molar refractivity (Wildman–Crippen MR) is 132 cm³/mol. The fraction of sp³-hybridized carbons (Fsp3) is 0.400. The molecule has 0 amide bonds. The number of hydrogen-bond donors (Lipinski definition) is 2. The van der Waals surface area contributed by atoms with E-state index in [4.69, 9.17) is 0 Å². The van der Waals surface area contributed by atoms with Crippen molar-refractivity contribution < 1.29 is 8.42 Å². The van der Waals surface area contributed by atoms with Crippen LogP contribution >= 0.6 is 11.3 Å². The van der Waals surface area contributed by atoms with Gasteiger partial charge in [-0.1, -0.05) is 56.4 Å². The molecule has 1 aliphatic carbocycles. The molecule has 0 spiro atoms. The van der Waals surface area contributed by atoms with Crippen molar-refractivity contribution in [1.82, 2.24) is 10.3 Å². The third kappa shape index (κ3) is 5.97. The summed E-state index contributed by atoms with van der Waals surface area (Å²) in [5.41, 5.74) is 2.32. The van der Waals surface area contributed by atoms with E-state index < -0.39 is 10.0 Å². The third-order valence-electron chi connectivity index (χ3n) is 6.13. The molecule has 4 rings (SSSR count). The summed E-state index contributed by atoms with van der Waals surface area (Å²) >= 11 is 1.58. The standard InChI is InChI=1S/C25H31N3O2S2/c1-19(16-20-8-3-2-4-9-20)26-17-21-10-5-6-11-23(21)28-32(29,30)22-13-14-24(27-18-22)25-12-7-15-31-25/h5-7,10-15,18-20,26,28H,2-4,8-9,16-17H2,1H3/t19-/m0/s1. The number of para-hydroxylation sites is 1. The third-order valence-corrected chi connectivity index (χ3v) is 8.38. The Kier molecular flexibility index (Phi) is 7.60.